The van der Waals surface area contributed by atoms with Crippen LogP contribution in [0.2, 0.25) is 0 Å². The molecular formula is C18H24N4O2S. The highest BCUT2D eigenvalue weighted by molar-refractivity contribution is 7.13. The number of aromatic nitrogens is 2. The molecule has 1 saturated carbocycles. The molecule has 2 aliphatic rings. The molecule has 2 aromatic rings. The summed E-state index contributed by atoms with van der Waals surface area (Å²) in [5.41, 5.74) is 0. The van der Waals surface area contributed by atoms with Gasteiger partial charge in [-0.05, 0) is 30.2 Å². The number of piperazine rings is 1. The quantitative estimate of drug-likeness (QED) is 0.820. The summed E-state index contributed by atoms with van der Waals surface area (Å²) in [7, 11) is 0. The van der Waals surface area contributed by atoms with Gasteiger partial charge in [0.05, 0.1) is 11.4 Å². The fraction of sp³-hybridized carbons (Fsp3) is 0.611. The van der Waals surface area contributed by atoms with E-state index in [1.54, 1.807) is 11.3 Å². The first-order chi connectivity index (χ1) is 12.3. The number of rotatable bonds is 5. The summed E-state index contributed by atoms with van der Waals surface area (Å²) >= 11 is 1.61. The summed E-state index contributed by atoms with van der Waals surface area (Å²) in [4.78, 5) is 22.2. The molecule has 6 nitrogen and oxygen atoms in total. The van der Waals surface area contributed by atoms with E-state index in [1.165, 1.54) is 25.7 Å². The Balaban J connectivity index is 1.25. The van der Waals surface area contributed by atoms with Gasteiger partial charge in [0.15, 0.2) is 0 Å². The molecule has 0 spiro atoms. The van der Waals surface area contributed by atoms with Gasteiger partial charge in [0.2, 0.25) is 17.6 Å². The van der Waals surface area contributed by atoms with Gasteiger partial charge in [0.25, 0.3) is 0 Å². The number of amides is 1. The molecule has 1 amide bonds. The molecule has 0 atom stereocenters. The van der Waals surface area contributed by atoms with Gasteiger partial charge < -0.3 is 9.42 Å². The molecular weight excluding hydrogens is 336 g/mol. The third-order valence-corrected chi connectivity index (χ3v) is 6.10. The molecule has 7 heteroatoms. The maximum atomic E-state index is 12.4. The Morgan fingerprint density at radius 2 is 2.04 bits per heavy atom. The van der Waals surface area contributed by atoms with Gasteiger partial charge in [-0.3, -0.25) is 9.69 Å². The monoisotopic (exact) mass is 360 g/mol. The lowest BCUT2D eigenvalue weighted by atomic mass is 10.0. The number of hydrogen-bond acceptors (Lipinski definition) is 6. The van der Waals surface area contributed by atoms with E-state index in [0.717, 1.165) is 37.5 Å². The summed E-state index contributed by atoms with van der Waals surface area (Å²) in [5, 5.41) is 6.06. The van der Waals surface area contributed by atoms with Crippen LogP contribution in [0.3, 0.4) is 0 Å². The van der Waals surface area contributed by atoms with Gasteiger partial charge in [0, 0.05) is 32.6 Å². The highest BCUT2D eigenvalue weighted by Crippen LogP contribution is 2.28. The minimum absolute atomic E-state index is 0.337. The number of carbonyl (C=O) groups excluding carboxylic acids is 1. The Bertz CT molecular complexity index is 686. The van der Waals surface area contributed by atoms with Crippen LogP contribution in [-0.4, -0.2) is 52.0 Å². The lowest BCUT2D eigenvalue weighted by Crippen LogP contribution is -2.48. The van der Waals surface area contributed by atoms with Crippen LogP contribution >= 0.6 is 11.3 Å². The molecule has 2 aromatic heterocycles. The average Bonchev–Trinajstić information content (AvgIpc) is 3.38. The fourth-order valence-corrected chi connectivity index (χ4v) is 4.41. The Kier molecular flexibility index (Phi) is 5.12. The van der Waals surface area contributed by atoms with Gasteiger partial charge in [-0.1, -0.05) is 24.1 Å². The molecule has 1 saturated heterocycles. The topological polar surface area (TPSA) is 62.5 Å². The molecule has 1 aliphatic carbocycles. The molecule has 4 rings (SSSR count). The van der Waals surface area contributed by atoms with Crippen LogP contribution in [0.5, 0.6) is 0 Å². The molecule has 2 fully saturated rings. The van der Waals surface area contributed by atoms with Crippen molar-refractivity contribution in [3.8, 4) is 10.7 Å². The number of hydrogen-bond donors (Lipinski definition) is 0. The van der Waals surface area contributed by atoms with E-state index in [0.29, 0.717) is 30.1 Å². The predicted molar refractivity (Wildman–Crippen MR) is 96.0 cm³/mol. The lowest BCUT2D eigenvalue weighted by Gasteiger charge is -2.34. The van der Waals surface area contributed by atoms with Crippen LogP contribution in [-0.2, 0) is 11.3 Å². The molecule has 1 aliphatic heterocycles. The third-order valence-electron chi connectivity index (χ3n) is 5.23. The third kappa shape index (κ3) is 4.10. The van der Waals surface area contributed by atoms with Crippen molar-refractivity contribution >= 4 is 17.2 Å². The summed E-state index contributed by atoms with van der Waals surface area (Å²) < 4.78 is 5.38. The van der Waals surface area contributed by atoms with E-state index in [-0.39, 0.29) is 0 Å². The predicted octanol–water partition coefficient (Wildman–Crippen LogP) is 3.02. The van der Waals surface area contributed by atoms with Crippen molar-refractivity contribution in [2.75, 3.05) is 26.2 Å². The smallest absolute Gasteiger partial charge is 0.241 e. The van der Waals surface area contributed by atoms with Crippen molar-refractivity contribution in [1.82, 2.24) is 19.9 Å². The van der Waals surface area contributed by atoms with Crippen molar-refractivity contribution < 1.29 is 9.32 Å². The lowest BCUT2D eigenvalue weighted by molar-refractivity contribution is -0.134. The van der Waals surface area contributed by atoms with Crippen molar-refractivity contribution in [2.45, 2.75) is 38.6 Å². The second-order valence-corrected chi connectivity index (χ2v) is 7.95. The van der Waals surface area contributed by atoms with Gasteiger partial charge in [-0.25, -0.2) is 0 Å². The average molecular weight is 360 g/mol. The molecule has 0 unspecified atom stereocenters. The summed E-state index contributed by atoms with van der Waals surface area (Å²) in [6.45, 7) is 4.00. The van der Waals surface area contributed by atoms with E-state index in [4.69, 9.17) is 4.52 Å². The first-order valence-corrected chi connectivity index (χ1v) is 10.0. The molecule has 0 bridgehead atoms. The largest absolute Gasteiger partial charge is 0.340 e. The Labute approximate surface area is 151 Å². The van der Waals surface area contributed by atoms with Gasteiger partial charge in [0.1, 0.15) is 0 Å². The van der Waals surface area contributed by atoms with Crippen molar-refractivity contribution in [3.05, 3.63) is 23.4 Å². The van der Waals surface area contributed by atoms with E-state index in [9.17, 15) is 4.79 Å². The Morgan fingerprint density at radius 3 is 2.76 bits per heavy atom. The first-order valence-electron chi connectivity index (χ1n) is 9.14. The van der Waals surface area contributed by atoms with Crippen molar-refractivity contribution in [2.24, 2.45) is 5.92 Å². The van der Waals surface area contributed by atoms with E-state index in [1.807, 2.05) is 22.4 Å². The minimum Gasteiger partial charge on any atom is -0.340 e. The van der Waals surface area contributed by atoms with Crippen LogP contribution in [0.15, 0.2) is 22.0 Å². The van der Waals surface area contributed by atoms with Crippen LogP contribution < -0.4 is 0 Å². The zero-order valence-electron chi connectivity index (χ0n) is 14.4. The van der Waals surface area contributed by atoms with Gasteiger partial charge in [-0.2, -0.15) is 4.98 Å². The molecule has 134 valence electrons. The van der Waals surface area contributed by atoms with E-state index >= 15 is 0 Å². The number of carbonyl (C=O) groups is 1. The van der Waals surface area contributed by atoms with Crippen LogP contribution in [0.1, 0.15) is 38.0 Å². The maximum Gasteiger partial charge on any atom is 0.241 e. The second kappa shape index (κ2) is 7.66. The van der Waals surface area contributed by atoms with Crippen LogP contribution in [0.4, 0.5) is 0 Å². The molecule has 0 aromatic carbocycles. The molecule has 0 N–H and O–H groups in total. The highest BCUT2D eigenvalue weighted by Gasteiger charge is 2.25. The van der Waals surface area contributed by atoms with Crippen LogP contribution in [0.25, 0.3) is 10.7 Å². The summed E-state index contributed by atoms with van der Waals surface area (Å²) in [6, 6.07) is 3.98. The normalized spacial score (nSPS) is 19.6. The Morgan fingerprint density at radius 1 is 1.24 bits per heavy atom. The van der Waals surface area contributed by atoms with Gasteiger partial charge >= 0.3 is 0 Å². The highest BCUT2D eigenvalue weighted by atomic mass is 32.1. The first kappa shape index (κ1) is 16.7. The Hall–Kier alpha value is -1.73. The minimum atomic E-state index is 0.337. The molecule has 3 heterocycles. The standard InChI is InChI=1S/C18H24N4O2S/c23-17(12-14-4-1-2-5-14)22-9-7-21(8-10-22)13-16-19-18(20-24-16)15-6-3-11-25-15/h3,6,11,14H,1-2,4-5,7-10,12-13H2. The van der Waals surface area contributed by atoms with E-state index < -0.39 is 0 Å². The molecule has 25 heavy (non-hydrogen) atoms. The number of thiophene rings is 1. The van der Waals surface area contributed by atoms with Crippen molar-refractivity contribution in [1.29, 1.82) is 0 Å². The van der Waals surface area contributed by atoms with E-state index in [2.05, 4.69) is 15.0 Å². The van der Waals surface area contributed by atoms with Gasteiger partial charge in [-0.15, -0.1) is 11.3 Å². The zero-order valence-corrected chi connectivity index (χ0v) is 15.2. The fourth-order valence-electron chi connectivity index (χ4n) is 3.76. The number of nitrogens with zero attached hydrogens (tertiary/aromatic N) is 4. The molecule has 0 radical (unpaired) electrons. The second-order valence-electron chi connectivity index (χ2n) is 7.00. The summed E-state index contributed by atoms with van der Waals surface area (Å²) in [6.07, 6.45) is 5.80. The maximum absolute atomic E-state index is 12.4. The van der Waals surface area contributed by atoms with Crippen molar-refractivity contribution in [3.63, 3.8) is 0 Å². The summed E-state index contributed by atoms with van der Waals surface area (Å²) in [5.74, 6) is 2.27. The SMILES string of the molecule is O=C(CC1CCCC1)N1CCN(Cc2nc(-c3cccs3)no2)CC1. The zero-order chi connectivity index (χ0) is 17.1. The van der Waals surface area contributed by atoms with Crippen LogP contribution in [0, 0.1) is 5.92 Å².